The summed E-state index contributed by atoms with van der Waals surface area (Å²) in [5.74, 6) is 0.869. The first-order chi connectivity index (χ1) is 16.0. The number of hydrogen-bond acceptors (Lipinski definition) is 6. The number of carbonyl (C=O) groups excluding carboxylic acids is 1. The van der Waals surface area contributed by atoms with E-state index in [1.54, 1.807) is 31.4 Å². The van der Waals surface area contributed by atoms with Crippen molar-refractivity contribution in [2.75, 3.05) is 26.7 Å². The molecule has 0 aliphatic carbocycles. The number of pyridine rings is 1. The average molecular weight is 444 g/mol. The lowest BCUT2D eigenvalue weighted by molar-refractivity contribution is 0.0636. The first kappa shape index (κ1) is 21.0. The van der Waals surface area contributed by atoms with Crippen LogP contribution in [-0.4, -0.2) is 57.8 Å². The third-order valence-electron chi connectivity index (χ3n) is 6.09. The Hall–Kier alpha value is -3.91. The Morgan fingerprint density at radius 3 is 2.79 bits per heavy atom. The molecule has 0 bridgehead atoms. The minimum atomic E-state index is -0.131. The van der Waals surface area contributed by atoms with Gasteiger partial charge in [-0.25, -0.2) is 4.98 Å². The normalized spacial score (nSPS) is 16.2. The van der Waals surface area contributed by atoms with E-state index < -0.39 is 0 Å². The van der Waals surface area contributed by atoms with Crippen LogP contribution in [0.3, 0.4) is 0 Å². The average Bonchev–Trinajstić information content (AvgIpc) is 3.24. The molecule has 5 rings (SSSR count). The van der Waals surface area contributed by atoms with Gasteiger partial charge in [0.1, 0.15) is 11.5 Å². The van der Waals surface area contributed by atoms with Gasteiger partial charge in [0, 0.05) is 25.2 Å². The van der Waals surface area contributed by atoms with E-state index >= 15 is 0 Å². The lowest BCUT2D eigenvalue weighted by atomic mass is 9.99. The van der Waals surface area contributed by atoms with E-state index in [9.17, 15) is 9.90 Å². The number of phenols is 1. The van der Waals surface area contributed by atoms with Gasteiger partial charge in [0.15, 0.2) is 5.65 Å². The zero-order valence-electron chi connectivity index (χ0n) is 18.5. The summed E-state index contributed by atoms with van der Waals surface area (Å²) < 4.78 is 5.40. The molecule has 3 heterocycles. The Kier molecular flexibility index (Phi) is 5.43. The zero-order valence-corrected chi connectivity index (χ0v) is 18.5. The number of rotatable bonds is 4. The summed E-state index contributed by atoms with van der Waals surface area (Å²) in [6, 6.07) is 16.3. The van der Waals surface area contributed by atoms with Crippen LogP contribution >= 0.6 is 0 Å². The molecule has 1 fully saturated rings. The SMILES string of the molecule is COc1cccc(C2CNCCN2C(=O)c2cc(-c3ccc(O)cc3)nc3[nH]nc(C)c23)c1. The van der Waals surface area contributed by atoms with Gasteiger partial charge >= 0.3 is 0 Å². The quantitative estimate of drug-likeness (QED) is 0.447. The Morgan fingerprint density at radius 2 is 2.00 bits per heavy atom. The van der Waals surface area contributed by atoms with Gasteiger partial charge in [-0.1, -0.05) is 12.1 Å². The Bertz CT molecular complexity index is 1320. The van der Waals surface area contributed by atoms with Gasteiger partial charge < -0.3 is 20.1 Å². The summed E-state index contributed by atoms with van der Waals surface area (Å²) in [5, 5.41) is 21.0. The van der Waals surface area contributed by atoms with E-state index in [4.69, 9.17) is 4.74 Å². The molecule has 0 radical (unpaired) electrons. The molecule has 168 valence electrons. The lowest BCUT2D eigenvalue weighted by Gasteiger charge is -2.37. The number of methoxy groups -OCH3 is 1. The number of phenolic OH excluding ortho intramolecular Hbond substituents is 1. The molecule has 8 nitrogen and oxygen atoms in total. The third kappa shape index (κ3) is 3.89. The number of carbonyl (C=O) groups is 1. The molecule has 1 aliphatic rings. The van der Waals surface area contributed by atoms with Crippen LogP contribution in [-0.2, 0) is 0 Å². The fourth-order valence-corrected chi connectivity index (χ4v) is 4.38. The number of nitrogens with zero attached hydrogens (tertiary/aromatic N) is 3. The predicted molar refractivity (Wildman–Crippen MR) is 125 cm³/mol. The number of aromatic nitrogens is 3. The van der Waals surface area contributed by atoms with Crippen molar-refractivity contribution in [2.45, 2.75) is 13.0 Å². The van der Waals surface area contributed by atoms with Crippen molar-refractivity contribution in [3.63, 3.8) is 0 Å². The molecule has 1 unspecified atom stereocenters. The summed E-state index contributed by atoms with van der Waals surface area (Å²) in [5.41, 5.74) is 4.32. The van der Waals surface area contributed by atoms with Gasteiger partial charge in [-0.2, -0.15) is 5.10 Å². The molecule has 0 saturated carbocycles. The highest BCUT2D eigenvalue weighted by atomic mass is 16.5. The van der Waals surface area contributed by atoms with Crippen molar-refractivity contribution in [3.8, 4) is 22.8 Å². The molecule has 4 aromatic rings. The Labute approximate surface area is 191 Å². The maximum Gasteiger partial charge on any atom is 0.255 e. The molecule has 1 aliphatic heterocycles. The maximum atomic E-state index is 14.0. The molecule has 33 heavy (non-hydrogen) atoms. The van der Waals surface area contributed by atoms with E-state index in [0.29, 0.717) is 30.0 Å². The highest BCUT2D eigenvalue weighted by Crippen LogP contribution is 2.31. The zero-order chi connectivity index (χ0) is 22.9. The van der Waals surface area contributed by atoms with E-state index in [1.165, 1.54) is 0 Å². The fourth-order valence-electron chi connectivity index (χ4n) is 4.38. The molecular formula is C25H25N5O3. The number of piperazine rings is 1. The monoisotopic (exact) mass is 443 g/mol. The highest BCUT2D eigenvalue weighted by molar-refractivity contribution is 6.07. The number of aromatic hydroxyl groups is 1. The highest BCUT2D eigenvalue weighted by Gasteiger charge is 2.31. The maximum absolute atomic E-state index is 14.0. The van der Waals surface area contributed by atoms with Gasteiger partial charge in [-0.15, -0.1) is 0 Å². The second-order valence-electron chi connectivity index (χ2n) is 8.13. The summed E-state index contributed by atoms with van der Waals surface area (Å²) >= 11 is 0. The van der Waals surface area contributed by atoms with E-state index in [1.807, 2.05) is 42.2 Å². The van der Waals surface area contributed by atoms with E-state index in [0.717, 1.165) is 34.5 Å². The molecule has 1 atom stereocenters. The van der Waals surface area contributed by atoms with Gasteiger partial charge in [0.25, 0.3) is 5.91 Å². The fraction of sp³-hybridized carbons (Fsp3) is 0.240. The molecule has 2 aromatic heterocycles. The largest absolute Gasteiger partial charge is 0.508 e. The van der Waals surface area contributed by atoms with Crippen LogP contribution in [0, 0.1) is 6.92 Å². The van der Waals surface area contributed by atoms with Crippen molar-refractivity contribution < 1.29 is 14.6 Å². The molecule has 1 saturated heterocycles. The number of aryl methyl sites for hydroxylation is 1. The van der Waals surface area contributed by atoms with Gasteiger partial charge in [-0.05, 0) is 55.0 Å². The second-order valence-corrected chi connectivity index (χ2v) is 8.13. The minimum absolute atomic E-state index is 0.0683. The number of fused-ring (bicyclic) bond motifs is 1. The molecule has 8 heteroatoms. The smallest absolute Gasteiger partial charge is 0.255 e. The first-order valence-corrected chi connectivity index (χ1v) is 10.9. The first-order valence-electron chi connectivity index (χ1n) is 10.9. The van der Waals surface area contributed by atoms with Gasteiger partial charge in [-0.3, -0.25) is 9.89 Å². The number of hydrogen-bond donors (Lipinski definition) is 3. The van der Waals surface area contributed by atoms with Crippen molar-refractivity contribution in [2.24, 2.45) is 0 Å². The lowest BCUT2D eigenvalue weighted by Crippen LogP contribution is -2.48. The van der Waals surface area contributed by atoms with Crippen LogP contribution in [0.1, 0.15) is 27.7 Å². The molecule has 3 N–H and O–H groups in total. The molecular weight excluding hydrogens is 418 g/mol. The van der Waals surface area contributed by atoms with Crippen molar-refractivity contribution in [3.05, 3.63) is 71.4 Å². The van der Waals surface area contributed by atoms with Crippen LogP contribution in [0.4, 0.5) is 0 Å². The number of H-pyrrole nitrogens is 1. The van der Waals surface area contributed by atoms with E-state index in [-0.39, 0.29) is 17.7 Å². The van der Waals surface area contributed by atoms with Crippen molar-refractivity contribution in [1.82, 2.24) is 25.4 Å². The summed E-state index contributed by atoms with van der Waals surface area (Å²) in [7, 11) is 1.64. The van der Waals surface area contributed by atoms with Crippen molar-refractivity contribution in [1.29, 1.82) is 0 Å². The topological polar surface area (TPSA) is 103 Å². The van der Waals surface area contributed by atoms with Gasteiger partial charge in [0.2, 0.25) is 0 Å². The minimum Gasteiger partial charge on any atom is -0.508 e. The molecule has 1 amide bonds. The molecule has 2 aromatic carbocycles. The van der Waals surface area contributed by atoms with Crippen LogP contribution in [0.2, 0.25) is 0 Å². The Balaban J connectivity index is 1.60. The number of aromatic amines is 1. The molecule has 0 spiro atoms. The number of ether oxygens (including phenoxy) is 1. The van der Waals surface area contributed by atoms with E-state index in [2.05, 4.69) is 20.5 Å². The summed E-state index contributed by atoms with van der Waals surface area (Å²) in [4.78, 5) is 20.6. The third-order valence-corrected chi connectivity index (χ3v) is 6.09. The summed E-state index contributed by atoms with van der Waals surface area (Å²) in [6.45, 7) is 3.82. The van der Waals surface area contributed by atoms with Crippen molar-refractivity contribution >= 4 is 16.9 Å². The predicted octanol–water partition coefficient (Wildman–Crippen LogP) is 3.43. The number of benzene rings is 2. The second kappa shape index (κ2) is 8.55. The standard InChI is InChI=1S/C25H25N5O3/c1-15-23-20(13-21(27-24(23)29-28-15)16-6-8-18(31)9-7-16)25(32)30-11-10-26-14-22(30)17-4-3-5-19(12-17)33-2/h3-9,12-13,22,26,31H,10-11,14H2,1-2H3,(H,27,28,29). The van der Waals surface area contributed by atoms with Crippen LogP contribution in [0.5, 0.6) is 11.5 Å². The van der Waals surface area contributed by atoms with Crippen LogP contribution in [0.15, 0.2) is 54.6 Å². The number of nitrogens with one attached hydrogen (secondary N) is 2. The Morgan fingerprint density at radius 1 is 1.18 bits per heavy atom. The van der Waals surface area contributed by atoms with Crippen LogP contribution in [0.25, 0.3) is 22.3 Å². The summed E-state index contributed by atoms with van der Waals surface area (Å²) in [6.07, 6.45) is 0. The van der Waals surface area contributed by atoms with Crippen LogP contribution < -0.4 is 10.1 Å². The number of amides is 1. The van der Waals surface area contributed by atoms with Gasteiger partial charge in [0.05, 0.1) is 35.5 Å².